The number of aryl methyl sites for hydroxylation is 1. The molecule has 1 fully saturated rings. The van der Waals surface area contributed by atoms with Gasteiger partial charge in [0.05, 0.1) is 10.6 Å². The van der Waals surface area contributed by atoms with Gasteiger partial charge in [-0.2, -0.15) is 18.3 Å². The number of hydrogen-bond acceptors (Lipinski definition) is 5. The van der Waals surface area contributed by atoms with Crippen molar-refractivity contribution in [2.45, 2.75) is 26.1 Å². The lowest BCUT2D eigenvalue weighted by atomic mass is 10.1. The van der Waals surface area contributed by atoms with Crippen molar-refractivity contribution in [1.82, 2.24) is 24.4 Å². The molecule has 1 amide bonds. The molecule has 12 heteroatoms. The Bertz CT molecular complexity index is 1440. The van der Waals surface area contributed by atoms with E-state index in [9.17, 15) is 22.4 Å². The van der Waals surface area contributed by atoms with E-state index in [1.54, 1.807) is 12.1 Å². The van der Waals surface area contributed by atoms with Crippen molar-refractivity contribution in [1.29, 1.82) is 0 Å². The standard InChI is InChI=1S/C25H22ClF4N5OS/c1-2-15-6-7-21(37-15)19-12-22(25(28,29)30)35-23(31-19)13-20(32-35)24(36)34-10-8-33(9-11-34)14-16-17(26)4-3-5-18(16)27/h3-7,12-13H,2,8-11,14H2,1H3. The SMILES string of the molecule is CCc1ccc(-c2cc(C(F)(F)F)n3nc(C(=O)N4CCN(Cc5c(F)cccc5Cl)CC4)cc3n2)s1. The normalized spacial score (nSPS) is 15.0. The van der Waals surface area contributed by atoms with Gasteiger partial charge in [-0.25, -0.2) is 13.9 Å². The molecule has 0 saturated carbocycles. The van der Waals surface area contributed by atoms with Crippen molar-refractivity contribution in [3.63, 3.8) is 0 Å². The van der Waals surface area contributed by atoms with Crippen LogP contribution in [-0.4, -0.2) is 56.5 Å². The topological polar surface area (TPSA) is 53.7 Å². The molecular weight excluding hydrogens is 530 g/mol. The molecule has 4 heterocycles. The molecule has 4 aromatic rings. The molecule has 0 aliphatic carbocycles. The number of carbonyl (C=O) groups excluding carboxylic acids is 1. The number of alkyl halides is 3. The number of aromatic nitrogens is 3. The maximum atomic E-state index is 14.1. The summed E-state index contributed by atoms with van der Waals surface area (Å²) in [6.45, 7) is 3.82. The van der Waals surface area contributed by atoms with Crippen molar-refractivity contribution in [2.75, 3.05) is 26.2 Å². The van der Waals surface area contributed by atoms with Gasteiger partial charge in [-0.1, -0.05) is 24.6 Å². The number of carbonyl (C=O) groups is 1. The summed E-state index contributed by atoms with van der Waals surface area (Å²) in [5, 5.41) is 4.32. The molecular formula is C25H22ClF4N5OS. The number of benzene rings is 1. The molecule has 5 rings (SSSR count). The average molecular weight is 552 g/mol. The van der Waals surface area contributed by atoms with Crippen LogP contribution in [-0.2, 0) is 19.1 Å². The Labute approximate surface area is 219 Å². The first-order valence-corrected chi connectivity index (χ1v) is 12.8. The molecule has 3 aromatic heterocycles. The van der Waals surface area contributed by atoms with Crippen LogP contribution in [0.3, 0.4) is 0 Å². The Hall–Kier alpha value is -3.02. The Morgan fingerprint density at radius 2 is 1.86 bits per heavy atom. The van der Waals surface area contributed by atoms with E-state index in [2.05, 4.69) is 10.1 Å². The first-order valence-electron chi connectivity index (χ1n) is 11.7. The van der Waals surface area contributed by atoms with Gasteiger partial charge in [-0.3, -0.25) is 9.69 Å². The molecule has 0 bridgehead atoms. The predicted octanol–water partition coefficient (Wildman–Crippen LogP) is 5.79. The highest BCUT2D eigenvalue weighted by Gasteiger charge is 2.36. The van der Waals surface area contributed by atoms with E-state index < -0.39 is 23.6 Å². The van der Waals surface area contributed by atoms with Crippen LogP contribution in [0.1, 0.15) is 33.5 Å². The zero-order valence-electron chi connectivity index (χ0n) is 19.7. The average Bonchev–Trinajstić information content (AvgIpc) is 3.52. The van der Waals surface area contributed by atoms with Crippen molar-refractivity contribution < 1.29 is 22.4 Å². The Balaban J connectivity index is 1.37. The molecule has 1 aromatic carbocycles. The zero-order chi connectivity index (χ0) is 26.3. The first-order chi connectivity index (χ1) is 17.6. The molecule has 1 saturated heterocycles. The van der Waals surface area contributed by atoms with E-state index >= 15 is 0 Å². The Morgan fingerprint density at radius 1 is 1.11 bits per heavy atom. The highest BCUT2D eigenvalue weighted by atomic mass is 35.5. The molecule has 0 N–H and O–H groups in total. The largest absolute Gasteiger partial charge is 0.433 e. The van der Waals surface area contributed by atoms with Crippen LogP contribution in [0.15, 0.2) is 42.5 Å². The fourth-order valence-corrected chi connectivity index (χ4v) is 5.42. The van der Waals surface area contributed by atoms with Crippen molar-refractivity contribution in [3.05, 3.63) is 75.1 Å². The zero-order valence-corrected chi connectivity index (χ0v) is 21.3. The number of amides is 1. The van der Waals surface area contributed by atoms with Crippen LogP contribution in [0.4, 0.5) is 17.6 Å². The van der Waals surface area contributed by atoms with E-state index in [4.69, 9.17) is 11.6 Å². The first kappa shape index (κ1) is 25.6. The van der Waals surface area contributed by atoms with Gasteiger partial charge in [0, 0.05) is 54.3 Å². The number of fused-ring (bicyclic) bond motifs is 1. The predicted molar refractivity (Wildman–Crippen MR) is 133 cm³/mol. The fraction of sp³-hybridized carbons (Fsp3) is 0.320. The molecule has 194 valence electrons. The van der Waals surface area contributed by atoms with E-state index in [-0.39, 0.29) is 17.0 Å². The lowest BCUT2D eigenvalue weighted by Gasteiger charge is -2.34. The third-order valence-corrected chi connectivity index (χ3v) is 7.91. The minimum atomic E-state index is -4.69. The van der Waals surface area contributed by atoms with E-state index in [1.165, 1.54) is 34.4 Å². The third-order valence-electron chi connectivity index (χ3n) is 6.30. The second kappa shape index (κ2) is 10.0. The third kappa shape index (κ3) is 5.21. The number of rotatable bonds is 5. The highest BCUT2D eigenvalue weighted by molar-refractivity contribution is 7.15. The van der Waals surface area contributed by atoms with Gasteiger partial charge in [0.25, 0.3) is 5.91 Å². The fourth-order valence-electron chi connectivity index (χ4n) is 4.29. The highest BCUT2D eigenvalue weighted by Crippen LogP contribution is 2.34. The maximum Gasteiger partial charge on any atom is 0.433 e. The summed E-state index contributed by atoms with van der Waals surface area (Å²) in [6.07, 6.45) is -3.92. The minimum absolute atomic E-state index is 0.0487. The second-order valence-electron chi connectivity index (χ2n) is 8.71. The van der Waals surface area contributed by atoms with Crippen LogP contribution in [0.5, 0.6) is 0 Å². The van der Waals surface area contributed by atoms with Gasteiger partial charge in [0.15, 0.2) is 17.0 Å². The lowest BCUT2D eigenvalue weighted by molar-refractivity contribution is -0.142. The molecule has 0 atom stereocenters. The van der Waals surface area contributed by atoms with E-state index in [0.717, 1.165) is 17.4 Å². The molecule has 0 unspecified atom stereocenters. The lowest BCUT2D eigenvalue weighted by Crippen LogP contribution is -2.48. The minimum Gasteiger partial charge on any atom is -0.335 e. The van der Waals surface area contributed by atoms with Crippen molar-refractivity contribution in [2.24, 2.45) is 0 Å². The van der Waals surface area contributed by atoms with Crippen molar-refractivity contribution >= 4 is 34.5 Å². The summed E-state index contributed by atoms with van der Waals surface area (Å²) in [5.74, 6) is -0.871. The van der Waals surface area contributed by atoms with E-state index in [0.29, 0.717) is 52.7 Å². The molecule has 6 nitrogen and oxygen atoms in total. The maximum absolute atomic E-state index is 14.1. The van der Waals surface area contributed by atoms with Gasteiger partial charge < -0.3 is 4.90 Å². The molecule has 0 radical (unpaired) electrons. The van der Waals surface area contributed by atoms with Crippen LogP contribution in [0.2, 0.25) is 5.02 Å². The monoisotopic (exact) mass is 551 g/mol. The van der Waals surface area contributed by atoms with Crippen LogP contribution >= 0.6 is 22.9 Å². The van der Waals surface area contributed by atoms with Gasteiger partial charge >= 0.3 is 6.18 Å². The summed E-state index contributed by atoms with van der Waals surface area (Å²) in [4.78, 5) is 22.7. The van der Waals surface area contributed by atoms with Gasteiger partial charge in [0.1, 0.15) is 5.82 Å². The molecule has 37 heavy (non-hydrogen) atoms. The number of thiophene rings is 1. The van der Waals surface area contributed by atoms with Gasteiger partial charge in [-0.15, -0.1) is 11.3 Å². The van der Waals surface area contributed by atoms with Crippen LogP contribution < -0.4 is 0 Å². The Morgan fingerprint density at radius 3 is 2.51 bits per heavy atom. The number of piperazine rings is 1. The summed E-state index contributed by atoms with van der Waals surface area (Å²) in [6, 6.07) is 10.4. The van der Waals surface area contributed by atoms with Gasteiger partial charge in [0.2, 0.25) is 0 Å². The number of hydrogen-bond donors (Lipinski definition) is 0. The van der Waals surface area contributed by atoms with Gasteiger partial charge in [-0.05, 0) is 36.8 Å². The number of halogens is 5. The molecule has 1 aliphatic rings. The molecule has 1 aliphatic heterocycles. The second-order valence-corrected chi connectivity index (χ2v) is 10.3. The summed E-state index contributed by atoms with van der Waals surface area (Å²) in [5.41, 5.74) is -0.579. The van der Waals surface area contributed by atoms with Crippen LogP contribution in [0, 0.1) is 5.82 Å². The molecule has 0 spiro atoms. The van der Waals surface area contributed by atoms with Crippen molar-refractivity contribution in [3.8, 4) is 10.6 Å². The summed E-state index contributed by atoms with van der Waals surface area (Å²) in [7, 11) is 0. The quantitative estimate of drug-likeness (QED) is 0.295. The van der Waals surface area contributed by atoms with E-state index in [1.807, 2.05) is 17.9 Å². The number of nitrogens with zero attached hydrogens (tertiary/aromatic N) is 5. The smallest absolute Gasteiger partial charge is 0.335 e. The van der Waals surface area contributed by atoms with Crippen LogP contribution in [0.25, 0.3) is 16.2 Å². The summed E-state index contributed by atoms with van der Waals surface area (Å²) >= 11 is 7.50. The summed E-state index contributed by atoms with van der Waals surface area (Å²) < 4.78 is 56.5. The Kier molecular flexibility index (Phi) is 6.95.